The zero-order chi connectivity index (χ0) is 26.0. The Morgan fingerprint density at radius 1 is 0.972 bits per heavy atom. The summed E-state index contributed by atoms with van der Waals surface area (Å²) in [5, 5.41) is 11.5. The molecule has 0 aliphatic carbocycles. The Kier molecular flexibility index (Phi) is 6.82. The number of benzene rings is 2. The zero-order valence-corrected chi connectivity index (χ0v) is 20.2. The van der Waals surface area contributed by atoms with Gasteiger partial charge in [0.1, 0.15) is 18.8 Å². The third kappa shape index (κ3) is 4.54. The van der Waals surface area contributed by atoms with Gasteiger partial charge in [-0.3, -0.25) is 14.9 Å². The quantitative estimate of drug-likeness (QED) is 0.198. The van der Waals surface area contributed by atoms with Gasteiger partial charge < -0.3 is 28.3 Å². The molecule has 0 atom stereocenters. The van der Waals surface area contributed by atoms with Crippen molar-refractivity contribution in [1.82, 2.24) is 4.57 Å². The van der Waals surface area contributed by atoms with Crippen LogP contribution in [0.5, 0.6) is 23.0 Å². The minimum atomic E-state index is -1.03. The maximum Gasteiger partial charge on any atom is 0.345 e. The summed E-state index contributed by atoms with van der Waals surface area (Å²) in [6.45, 7) is 3.96. The molecule has 0 N–H and O–H groups in total. The van der Waals surface area contributed by atoms with Crippen LogP contribution >= 0.6 is 0 Å². The van der Waals surface area contributed by atoms with Gasteiger partial charge in [0, 0.05) is 34.8 Å². The lowest BCUT2D eigenvalue weighted by Gasteiger charge is -2.20. The molecule has 11 heteroatoms. The van der Waals surface area contributed by atoms with Crippen LogP contribution in [0.3, 0.4) is 0 Å². The number of aryl methyl sites for hydroxylation is 1. The first-order chi connectivity index (χ1) is 17.2. The third-order valence-electron chi connectivity index (χ3n) is 5.77. The Morgan fingerprint density at radius 2 is 1.64 bits per heavy atom. The van der Waals surface area contributed by atoms with Crippen molar-refractivity contribution in [2.45, 2.75) is 13.8 Å². The van der Waals surface area contributed by atoms with Crippen molar-refractivity contribution in [3.63, 3.8) is 0 Å². The number of hydrogen-bond donors (Lipinski definition) is 0. The van der Waals surface area contributed by atoms with Gasteiger partial charge in [-0.05, 0) is 32.0 Å². The number of ether oxygens (including phenoxy) is 5. The molecule has 2 aromatic carbocycles. The fourth-order valence-corrected chi connectivity index (χ4v) is 4.08. The van der Waals surface area contributed by atoms with Crippen molar-refractivity contribution >= 4 is 17.4 Å². The molecule has 0 saturated carbocycles. The lowest BCUT2D eigenvalue weighted by atomic mass is 10.1. The first kappa shape index (κ1) is 24.6. The van der Waals surface area contributed by atoms with Crippen LogP contribution in [0.2, 0.25) is 0 Å². The van der Waals surface area contributed by atoms with E-state index in [0.717, 1.165) is 23.5 Å². The van der Waals surface area contributed by atoms with Crippen molar-refractivity contribution in [2.24, 2.45) is 0 Å². The van der Waals surface area contributed by atoms with E-state index in [0.29, 0.717) is 36.0 Å². The Balaban J connectivity index is 1.55. The second-order valence-electron chi connectivity index (χ2n) is 7.93. The summed E-state index contributed by atoms with van der Waals surface area (Å²) in [6, 6.07) is 9.41. The van der Waals surface area contributed by atoms with Gasteiger partial charge in [0.2, 0.25) is 5.78 Å². The number of carbonyl (C=O) groups excluding carboxylic acids is 2. The topological polar surface area (TPSA) is 128 Å². The van der Waals surface area contributed by atoms with E-state index < -0.39 is 29.0 Å². The van der Waals surface area contributed by atoms with Crippen LogP contribution in [-0.2, 0) is 4.74 Å². The highest BCUT2D eigenvalue weighted by Gasteiger charge is 2.27. The average Bonchev–Trinajstić information content (AvgIpc) is 3.19. The third-order valence-corrected chi connectivity index (χ3v) is 5.77. The summed E-state index contributed by atoms with van der Waals surface area (Å²) < 4.78 is 28.4. The van der Waals surface area contributed by atoms with E-state index in [-0.39, 0.29) is 17.1 Å². The molecule has 4 rings (SSSR count). The number of nitro groups is 1. The molecule has 2 heterocycles. The predicted octanol–water partition coefficient (Wildman–Crippen LogP) is 3.83. The molecule has 1 aliphatic rings. The van der Waals surface area contributed by atoms with E-state index in [1.807, 2.05) is 29.7 Å². The molecule has 0 radical (unpaired) electrons. The molecule has 11 nitrogen and oxygen atoms in total. The van der Waals surface area contributed by atoms with Gasteiger partial charge in [-0.1, -0.05) is 0 Å². The van der Waals surface area contributed by atoms with Gasteiger partial charge >= 0.3 is 5.97 Å². The highest BCUT2D eigenvalue weighted by Crippen LogP contribution is 2.35. The summed E-state index contributed by atoms with van der Waals surface area (Å²) in [5.41, 5.74) is 1.69. The van der Waals surface area contributed by atoms with Crippen molar-refractivity contribution < 1.29 is 38.2 Å². The Bertz CT molecular complexity index is 1360. The van der Waals surface area contributed by atoms with Crippen LogP contribution < -0.4 is 18.9 Å². The average molecular weight is 496 g/mol. The fourth-order valence-electron chi connectivity index (χ4n) is 4.08. The molecular weight excluding hydrogens is 472 g/mol. The van der Waals surface area contributed by atoms with Crippen LogP contribution in [0, 0.1) is 24.0 Å². The molecule has 36 heavy (non-hydrogen) atoms. The number of methoxy groups -OCH3 is 2. The maximum absolute atomic E-state index is 13.0. The van der Waals surface area contributed by atoms with E-state index in [1.54, 1.807) is 13.0 Å². The number of rotatable bonds is 8. The van der Waals surface area contributed by atoms with E-state index in [1.165, 1.54) is 14.2 Å². The van der Waals surface area contributed by atoms with Crippen LogP contribution in [-0.4, -0.2) is 55.3 Å². The van der Waals surface area contributed by atoms with Crippen molar-refractivity contribution in [3.8, 4) is 28.7 Å². The number of aromatic nitrogens is 1. The molecule has 1 aromatic heterocycles. The summed E-state index contributed by atoms with van der Waals surface area (Å²) in [7, 11) is 2.65. The molecule has 188 valence electrons. The summed E-state index contributed by atoms with van der Waals surface area (Å²) >= 11 is 0. The summed E-state index contributed by atoms with van der Waals surface area (Å²) in [4.78, 5) is 36.4. The monoisotopic (exact) mass is 496 g/mol. The van der Waals surface area contributed by atoms with Crippen molar-refractivity contribution in [2.75, 3.05) is 34.0 Å². The Labute approximate surface area is 206 Å². The molecular formula is C25H24N2O9. The molecule has 0 saturated heterocycles. The molecule has 0 bridgehead atoms. The molecule has 3 aromatic rings. The first-order valence-corrected chi connectivity index (χ1v) is 10.9. The van der Waals surface area contributed by atoms with Gasteiger partial charge in [-0.25, -0.2) is 4.79 Å². The van der Waals surface area contributed by atoms with Gasteiger partial charge in [0.15, 0.2) is 29.6 Å². The number of nitro benzene ring substituents is 1. The number of hydrogen-bond acceptors (Lipinski definition) is 9. The Hall–Kier alpha value is -4.54. The van der Waals surface area contributed by atoms with E-state index in [2.05, 4.69) is 0 Å². The van der Waals surface area contributed by atoms with Gasteiger partial charge in [-0.15, -0.1) is 0 Å². The second kappa shape index (κ2) is 9.98. The van der Waals surface area contributed by atoms with Gasteiger partial charge in [0.25, 0.3) is 5.69 Å². The largest absolute Gasteiger partial charge is 0.493 e. The summed E-state index contributed by atoms with van der Waals surface area (Å²) in [6.07, 6.45) is 0. The highest BCUT2D eigenvalue weighted by molar-refractivity contribution is 6.01. The van der Waals surface area contributed by atoms with Crippen LogP contribution in [0.1, 0.15) is 32.1 Å². The number of carbonyl (C=O) groups is 2. The maximum atomic E-state index is 13.0. The molecule has 0 fully saturated rings. The molecule has 0 unspecified atom stereocenters. The standard InChI is InChI=1S/C25H24N2O9/c1-14-9-17(15(2)26(14)16-5-6-21-24(10-16)35-8-7-34-21)20(28)13-36-25(29)18-11-22(32-3)23(33-4)12-19(18)27(30)31/h5-6,9-12H,7-8,13H2,1-4H3. The van der Waals surface area contributed by atoms with Crippen LogP contribution in [0.25, 0.3) is 5.69 Å². The highest BCUT2D eigenvalue weighted by atomic mass is 16.6. The summed E-state index contributed by atoms with van der Waals surface area (Å²) in [5.74, 6) is -0.0164. The van der Waals surface area contributed by atoms with E-state index >= 15 is 0 Å². The minimum absolute atomic E-state index is 0.0865. The van der Waals surface area contributed by atoms with Crippen LogP contribution in [0.4, 0.5) is 5.69 Å². The van der Waals surface area contributed by atoms with Gasteiger partial charge in [0.05, 0.1) is 25.2 Å². The predicted molar refractivity (Wildman–Crippen MR) is 127 cm³/mol. The number of ketones is 1. The second-order valence-corrected chi connectivity index (χ2v) is 7.93. The van der Waals surface area contributed by atoms with Crippen molar-refractivity contribution in [1.29, 1.82) is 0 Å². The van der Waals surface area contributed by atoms with Gasteiger partial charge in [-0.2, -0.15) is 0 Å². The first-order valence-electron chi connectivity index (χ1n) is 10.9. The number of Topliss-reactive ketones (excluding diaryl/α,β-unsaturated/α-hetero) is 1. The lowest BCUT2D eigenvalue weighted by molar-refractivity contribution is -0.385. The minimum Gasteiger partial charge on any atom is -0.493 e. The smallest absolute Gasteiger partial charge is 0.345 e. The lowest BCUT2D eigenvalue weighted by Crippen LogP contribution is -2.16. The van der Waals surface area contributed by atoms with E-state index in [4.69, 9.17) is 23.7 Å². The number of nitrogens with zero attached hydrogens (tertiary/aromatic N) is 2. The molecule has 1 aliphatic heterocycles. The van der Waals surface area contributed by atoms with E-state index in [9.17, 15) is 19.7 Å². The SMILES string of the molecule is COc1cc(C(=O)OCC(=O)c2cc(C)n(-c3ccc4c(c3)OCCO4)c2C)c([N+](=O)[O-])cc1OC. The Morgan fingerprint density at radius 3 is 2.31 bits per heavy atom. The van der Waals surface area contributed by atoms with Crippen LogP contribution in [0.15, 0.2) is 36.4 Å². The fraction of sp³-hybridized carbons (Fsp3) is 0.280. The zero-order valence-electron chi connectivity index (χ0n) is 20.2. The van der Waals surface area contributed by atoms with Crippen molar-refractivity contribution in [3.05, 3.63) is 69.0 Å². The molecule has 0 spiro atoms. The number of fused-ring (bicyclic) bond motifs is 1. The number of esters is 1. The molecule has 0 amide bonds. The normalized spacial score (nSPS) is 12.1.